The Balaban J connectivity index is 1.34. The largest absolute Gasteiger partial charge is 0.448 e. The van der Waals surface area contributed by atoms with Crippen molar-refractivity contribution >= 4 is 39.6 Å². The van der Waals surface area contributed by atoms with E-state index in [-0.39, 0.29) is 29.6 Å². The Labute approximate surface area is 189 Å². The van der Waals surface area contributed by atoms with Gasteiger partial charge in [-0.15, -0.1) is 0 Å². The van der Waals surface area contributed by atoms with Gasteiger partial charge in [0, 0.05) is 17.0 Å². The van der Waals surface area contributed by atoms with Crippen molar-refractivity contribution in [3.8, 4) is 0 Å². The maximum absolute atomic E-state index is 12.9. The van der Waals surface area contributed by atoms with Crippen molar-refractivity contribution in [1.82, 2.24) is 19.8 Å². The molecule has 0 aliphatic carbocycles. The lowest BCUT2D eigenvalue weighted by Crippen LogP contribution is -2.39. The number of hydrogen-bond acceptors (Lipinski definition) is 5. The van der Waals surface area contributed by atoms with Crippen LogP contribution in [0.25, 0.3) is 22.1 Å². The number of fused-ring (bicyclic) bond motifs is 3. The van der Waals surface area contributed by atoms with Gasteiger partial charge < -0.3 is 9.73 Å². The van der Waals surface area contributed by atoms with Gasteiger partial charge in [-0.2, -0.15) is 0 Å². The van der Waals surface area contributed by atoms with Gasteiger partial charge in [-0.1, -0.05) is 41.9 Å². The number of benzene rings is 2. The van der Waals surface area contributed by atoms with Crippen LogP contribution in [0, 0.1) is 0 Å². The quantitative estimate of drug-likeness (QED) is 0.484. The van der Waals surface area contributed by atoms with E-state index in [1.54, 1.807) is 6.07 Å². The molecule has 7 nitrogen and oxygen atoms in total. The van der Waals surface area contributed by atoms with Gasteiger partial charge in [-0.05, 0) is 49.7 Å². The van der Waals surface area contributed by atoms with Crippen molar-refractivity contribution in [3.63, 3.8) is 0 Å². The molecule has 8 heteroatoms. The Hall–Kier alpha value is -3.16. The molecule has 0 saturated carbocycles. The predicted molar refractivity (Wildman–Crippen MR) is 124 cm³/mol. The zero-order chi connectivity index (χ0) is 22.1. The molecule has 1 N–H and O–H groups in total. The Morgan fingerprint density at radius 2 is 1.88 bits per heavy atom. The monoisotopic (exact) mass is 450 g/mol. The number of carbonyl (C=O) groups is 1. The van der Waals surface area contributed by atoms with Crippen LogP contribution in [0.2, 0.25) is 5.02 Å². The summed E-state index contributed by atoms with van der Waals surface area (Å²) in [5, 5.41) is 4.45. The molecule has 4 aromatic rings. The average Bonchev–Trinajstić information content (AvgIpc) is 3.46. The molecule has 32 heavy (non-hydrogen) atoms. The smallest absolute Gasteiger partial charge is 0.297 e. The summed E-state index contributed by atoms with van der Waals surface area (Å²) in [6.07, 6.45) is 3.67. The summed E-state index contributed by atoms with van der Waals surface area (Å²) >= 11 is 6.45. The van der Waals surface area contributed by atoms with Gasteiger partial charge in [0.15, 0.2) is 0 Å². The first kappa shape index (κ1) is 20.7. The third-order valence-corrected chi connectivity index (χ3v) is 6.35. The van der Waals surface area contributed by atoms with Crippen molar-refractivity contribution in [2.45, 2.75) is 25.4 Å². The Bertz CT molecular complexity index is 1340. The summed E-state index contributed by atoms with van der Waals surface area (Å²) in [6.45, 7) is 2.22. The lowest BCUT2D eigenvalue weighted by molar-refractivity contribution is -0.122. The molecule has 1 aliphatic rings. The molecule has 1 fully saturated rings. The third kappa shape index (κ3) is 3.89. The fourth-order valence-electron chi connectivity index (χ4n) is 4.38. The van der Waals surface area contributed by atoms with Crippen LogP contribution in [0.1, 0.15) is 24.4 Å². The van der Waals surface area contributed by atoms with Crippen LogP contribution in [-0.2, 0) is 11.3 Å². The van der Waals surface area contributed by atoms with E-state index in [1.807, 2.05) is 42.5 Å². The van der Waals surface area contributed by atoms with Crippen LogP contribution in [0.5, 0.6) is 0 Å². The van der Waals surface area contributed by atoms with Crippen LogP contribution >= 0.6 is 11.6 Å². The van der Waals surface area contributed by atoms with Gasteiger partial charge in [-0.3, -0.25) is 19.1 Å². The number of hydrogen-bond donors (Lipinski definition) is 1. The second-order valence-electron chi connectivity index (χ2n) is 8.04. The number of likely N-dealkylation sites (tertiary alicyclic amines) is 1. The standard InChI is InChI=1S/C24H23ClN4O3/c25-18-9-3-1-7-16(18)19(28-11-5-6-12-28)13-26-21(30)14-29-15-27-22-17-8-2-4-10-20(17)32-23(22)24(29)31/h1-4,7-10,15,19H,5-6,11-14H2,(H,26,30). The van der Waals surface area contributed by atoms with E-state index in [4.69, 9.17) is 16.0 Å². The van der Waals surface area contributed by atoms with Crippen molar-refractivity contribution in [1.29, 1.82) is 0 Å². The van der Waals surface area contributed by atoms with Crippen molar-refractivity contribution < 1.29 is 9.21 Å². The zero-order valence-electron chi connectivity index (χ0n) is 17.5. The van der Waals surface area contributed by atoms with Crippen LogP contribution in [0.3, 0.4) is 0 Å². The van der Waals surface area contributed by atoms with Crippen LogP contribution < -0.4 is 10.9 Å². The number of amides is 1. The molecule has 1 amide bonds. The minimum Gasteiger partial charge on any atom is -0.448 e. The lowest BCUT2D eigenvalue weighted by atomic mass is 10.1. The maximum atomic E-state index is 12.9. The van der Waals surface area contributed by atoms with E-state index in [2.05, 4.69) is 15.2 Å². The number of nitrogens with zero attached hydrogens (tertiary/aromatic N) is 3. The number of para-hydroxylation sites is 1. The first-order chi connectivity index (χ1) is 15.6. The second-order valence-corrected chi connectivity index (χ2v) is 8.45. The van der Waals surface area contributed by atoms with E-state index in [9.17, 15) is 9.59 Å². The third-order valence-electron chi connectivity index (χ3n) is 6.00. The average molecular weight is 451 g/mol. The Kier molecular flexibility index (Phi) is 5.68. The maximum Gasteiger partial charge on any atom is 0.297 e. The lowest BCUT2D eigenvalue weighted by Gasteiger charge is -2.29. The van der Waals surface area contributed by atoms with Crippen molar-refractivity contribution in [2.75, 3.05) is 19.6 Å². The molecule has 164 valence electrons. The number of aromatic nitrogens is 2. The van der Waals surface area contributed by atoms with Crippen LogP contribution in [0.4, 0.5) is 0 Å². The minimum absolute atomic E-state index is 0.0112. The first-order valence-electron chi connectivity index (χ1n) is 10.7. The fourth-order valence-corrected chi connectivity index (χ4v) is 4.65. The van der Waals surface area contributed by atoms with E-state index in [0.717, 1.165) is 36.9 Å². The molecule has 2 aromatic carbocycles. The van der Waals surface area contributed by atoms with Gasteiger partial charge in [0.05, 0.1) is 12.4 Å². The van der Waals surface area contributed by atoms with Crippen LogP contribution in [-0.4, -0.2) is 40.0 Å². The Morgan fingerprint density at radius 3 is 2.69 bits per heavy atom. The summed E-state index contributed by atoms with van der Waals surface area (Å²) in [7, 11) is 0. The van der Waals surface area contributed by atoms with Gasteiger partial charge in [0.25, 0.3) is 5.56 Å². The highest BCUT2D eigenvalue weighted by atomic mass is 35.5. The highest BCUT2D eigenvalue weighted by Crippen LogP contribution is 2.29. The van der Waals surface area contributed by atoms with Gasteiger partial charge in [0.2, 0.25) is 11.5 Å². The highest BCUT2D eigenvalue weighted by molar-refractivity contribution is 6.31. The van der Waals surface area contributed by atoms with Gasteiger partial charge >= 0.3 is 0 Å². The molecule has 1 saturated heterocycles. The number of furan rings is 1. The van der Waals surface area contributed by atoms with E-state index >= 15 is 0 Å². The summed E-state index contributed by atoms with van der Waals surface area (Å²) in [6, 6.07) is 15.1. The fraction of sp³-hybridized carbons (Fsp3) is 0.292. The molecule has 5 rings (SSSR count). The molecule has 1 unspecified atom stereocenters. The second kappa shape index (κ2) is 8.76. The number of carbonyl (C=O) groups excluding carboxylic acids is 1. The van der Waals surface area contributed by atoms with E-state index in [0.29, 0.717) is 22.7 Å². The highest BCUT2D eigenvalue weighted by Gasteiger charge is 2.25. The molecular formula is C24H23ClN4O3. The summed E-state index contributed by atoms with van der Waals surface area (Å²) in [5.41, 5.74) is 1.90. The topological polar surface area (TPSA) is 80.4 Å². The molecule has 0 radical (unpaired) electrons. The summed E-state index contributed by atoms with van der Waals surface area (Å²) < 4.78 is 6.97. The minimum atomic E-state index is -0.372. The van der Waals surface area contributed by atoms with E-state index in [1.165, 1.54) is 10.9 Å². The first-order valence-corrected chi connectivity index (χ1v) is 11.1. The molecule has 3 heterocycles. The normalized spacial score (nSPS) is 15.4. The molecular weight excluding hydrogens is 428 g/mol. The summed E-state index contributed by atoms with van der Waals surface area (Å²) in [5.74, 6) is -0.263. The molecule has 0 bridgehead atoms. The predicted octanol–water partition coefficient (Wildman–Crippen LogP) is 3.75. The van der Waals surface area contributed by atoms with Gasteiger partial charge in [0.1, 0.15) is 17.6 Å². The van der Waals surface area contributed by atoms with Gasteiger partial charge in [-0.25, -0.2) is 4.98 Å². The zero-order valence-corrected chi connectivity index (χ0v) is 18.2. The van der Waals surface area contributed by atoms with E-state index < -0.39 is 0 Å². The summed E-state index contributed by atoms with van der Waals surface area (Å²) in [4.78, 5) is 32.3. The number of halogens is 1. The SMILES string of the molecule is O=C(Cn1cnc2c(oc3ccccc32)c1=O)NCC(c1ccccc1Cl)N1CCCC1. The molecule has 1 atom stereocenters. The van der Waals surface area contributed by atoms with Crippen molar-refractivity contribution in [3.05, 3.63) is 75.8 Å². The number of nitrogens with one attached hydrogen (secondary N) is 1. The van der Waals surface area contributed by atoms with Crippen LogP contribution in [0.15, 0.2) is 64.1 Å². The Morgan fingerprint density at radius 1 is 1.12 bits per heavy atom. The number of rotatable bonds is 6. The van der Waals surface area contributed by atoms with Crippen molar-refractivity contribution in [2.24, 2.45) is 0 Å². The molecule has 2 aromatic heterocycles. The molecule has 0 spiro atoms. The molecule has 1 aliphatic heterocycles.